The molecule has 3 heterocycles. The highest BCUT2D eigenvalue weighted by molar-refractivity contribution is 7.87. The van der Waals surface area contributed by atoms with Crippen molar-refractivity contribution >= 4 is 32.9 Å². The molecule has 10 nitrogen and oxygen atoms in total. The predicted molar refractivity (Wildman–Crippen MR) is 102 cm³/mol. The molecule has 0 bridgehead atoms. The highest BCUT2D eigenvalue weighted by Gasteiger charge is 2.31. The fourth-order valence-corrected chi connectivity index (χ4v) is 4.53. The van der Waals surface area contributed by atoms with Crippen molar-refractivity contribution in [3.8, 4) is 5.88 Å². The molecule has 2 amide bonds. The third kappa shape index (κ3) is 4.41. The smallest absolute Gasteiger partial charge is 0.388 e. The number of carbonyl (C=O) groups is 2. The third-order valence-corrected chi connectivity index (χ3v) is 6.34. The Balaban J connectivity index is 1.72. The molecule has 0 atom stereocenters. The van der Waals surface area contributed by atoms with Crippen LogP contribution in [0.2, 0.25) is 0 Å². The molecule has 1 saturated heterocycles. The standard InChI is InChI=1S/C17H19F2N5O5S/c1-2-14(25)21-11-15(26)22-7-9-23(10-8-22)30(27,28)24-6-4-12-13(24)3-5-20-16(12)29-17(18)19/h2-6,17H,1,7-11H2,(H,21,25). The van der Waals surface area contributed by atoms with E-state index in [1.807, 2.05) is 0 Å². The Morgan fingerprint density at radius 3 is 2.60 bits per heavy atom. The van der Waals surface area contributed by atoms with Crippen molar-refractivity contribution in [2.75, 3.05) is 32.7 Å². The SMILES string of the molecule is C=CC(=O)NCC(=O)N1CCN(S(=O)(=O)n2ccc3c(OC(F)F)nccc32)CC1. The Morgan fingerprint density at radius 1 is 1.27 bits per heavy atom. The van der Waals surface area contributed by atoms with E-state index in [0.717, 1.165) is 10.0 Å². The van der Waals surface area contributed by atoms with Crippen LogP contribution >= 0.6 is 0 Å². The van der Waals surface area contributed by atoms with Crippen molar-refractivity contribution < 1.29 is 31.5 Å². The molecule has 2 aromatic heterocycles. The summed E-state index contributed by atoms with van der Waals surface area (Å²) in [5, 5.41) is 2.51. The zero-order valence-corrected chi connectivity index (χ0v) is 16.5. The normalized spacial score (nSPS) is 15.4. The quantitative estimate of drug-likeness (QED) is 0.611. The fraction of sp³-hybridized carbons (Fsp3) is 0.353. The lowest BCUT2D eigenvalue weighted by Gasteiger charge is -2.34. The maximum absolute atomic E-state index is 13.0. The number of halogens is 2. The van der Waals surface area contributed by atoms with Gasteiger partial charge in [-0.25, -0.2) is 8.96 Å². The number of ether oxygens (including phenoxy) is 1. The Labute approximate surface area is 170 Å². The minimum Gasteiger partial charge on any atom is -0.416 e. The van der Waals surface area contributed by atoms with E-state index in [4.69, 9.17) is 0 Å². The molecular formula is C17H19F2N5O5S. The maximum atomic E-state index is 13.0. The van der Waals surface area contributed by atoms with Crippen LogP contribution < -0.4 is 10.1 Å². The lowest BCUT2D eigenvalue weighted by atomic mass is 10.3. The molecule has 0 aliphatic carbocycles. The van der Waals surface area contributed by atoms with Crippen molar-refractivity contribution in [2.24, 2.45) is 0 Å². The average Bonchev–Trinajstić information content (AvgIpc) is 3.17. The summed E-state index contributed by atoms with van der Waals surface area (Å²) in [5.74, 6) is -1.18. The molecule has 1 aliphatic rings. The molecule has 3 rings (SSSR count). The molecule has 0 unspecified atom stereocenters. The zero-order chi connectivity index (χ0) is 21.9. The van der Waals surface area contributed by atoms with Crippen LogP contribution in [-0.4, -0.2) is 77.7 Å². The van der Waals surface area contributed by atoms with Gasteiger partial charge in [0.25, 0.3) is 0 Å². The molecule has 0 saturated carbocycles. The number of pyridine rings is 1. The first-order valence-corrected chi connectivity index (χ1v) is 10.2. The second-order valence-corrected chi connectivity index (χ2v) is 8.05. The summed E-state index contributed by atoms with van der Waals surface area (Å²) < 4.78 is 57.6. The van der Waals surface area contributed by atoms with Crippen molar-refractivity contribution in [3.63, 3.8) is 0 Å². The van der Waals surface area contributed by atoms with E-state index in [2.05, 4.69) is 21.6 Å². The first-order chi connectivity index (χ1) is 14.2. The van der Waals surface area contributed by atoms with Gasteiger partial charge in [-0.3, -0.25) is 9.59 Å². The van der Waals surface area contributed by atoms with Crippen LogP contribution in [0.25, 0.3) is 10.9 Å². The Kier molecular flexibility index (Phi) is 6.31. The number of nitrogens with one attached hydrogen (secondary N) is 1. The van der Waals surface area contributed by atoms with E-state index in [1.165, 1.54) is 33.7 Å². The number of hydrogen-bond acceptors (Lipinski definition) is 6. The molecule has 0 radical (unpaired) electrons. The van der Waals surface area contributed by atoms with E-state index >= 15 is 0 Å². The van der Waals surface area contributed by atoms with Crippen molar-refractivity contribution in [2.45, 2.75) is 6.61 Å². The molecule has 30 heavy (non-hydrogen) atoms. The molecule has 0 aromatic carbocycles. The largest absolute Gasteiger partial charge is 0.416 e. The highest BCUT2D eigenvalue weighted by Crippen LogP contribution is 2.27. The van der Waals surface area contributed by atoms with Crippen LogP contribution in [0, 0.1) is 0 Å². The molecule has 13 heteroatoms. The number of nitrogens with zero attached hydrogens (tertiary/aromatic N) is 4. The molecule has 162 valence electrons. The number of carbonyl (C=O) groups excluding carboxylic acids is 2. The maximum Gasteiger partial charge on any atom is 0.388 e. The van der Waals surface area contributed by atoms with Gasteiger partial charge in [0.1, 0.15) is 0 Å². The second kappa shape index (κ2) is 8.75. The monoisotopic (exact) mass is 443 g/mol. The fourth-order valence-electron chi connectivity index (χ4n) is 3.03. The first kappa shape index (κ1) is 21.6. The number of fused-ring (bicyclic) bond motifs is 1. The molecular weight excluding hydrogens is 424 g/mol. The summed E-state index contributed by atoms with van der Waals surface area (Å²) in [6.07, 6.45) is 3.47. The van der Waals surface area contributed by atoms with Gasteiger partial charge in [0, 0.05) is 38.6 Å². The van der Waals surface area contributed by atoms with Gasteiger partial charge in [-0.2, -0.15) is 21.5 Å². The molecule has 1 fully saturated rings. The van der Waals surface area contributed by atoms with Gasteiger partial charge in [0.2, 0.25) is 17.7 Å². The summed E-state index contributed by atoms with van der Waals surface area (Å²) in [5.41, 5.74) is 0.145. The van der Waals surface area contributed by atoms with E-state index in [1.54, 1.807) is 0 Å². The topological polar surface area (TPSA) is 114 Å². The van der Waals surface area contributed by atoms with Crippen LogP contribution in [0.4, 0.5) is 8.78 Å². The van der Waals surface area contributed by atoms with E-state index in [-0.39, 0.29) is 55.4 Å². The molecule has 1 N–H and O–H groups in total. The highest BCUT2D eigenvalue weighted by atomic mass is 32.2. The minimum absolute atomic E-state index is 0.0363. The van der Waals surface area contributed by atoms with E-state index in [9.17, 15) is 26.8 Å². The summed E-state index contributed by atoms with van der Waals surface area (Å²) in [6.45, 7) is 0.346. The van der Waals surface area contributed by atoms with Gasteiger partial charge in [0.05, 0.1) is 17.4 Å². The van der Waals surface area contributed by atoms with E-state index in [0.29, 0.717) is 0 Å². The average molecular weight is 443 g/mol. The van der Waals surface area contributed by atoms with Gasteiger partial charge < -0.3 is 15.0 Å². The summed E-state index contributed by atoms with van der Waals surface area (Å²) in [6, 6.07) is 2.72. The van der Waals surface area contributed by atoms with Crippen LogP contribution in [0.1, 0.15) is 0 Å². The Hall–Kier alpha value is -3.06. The number of rotatable bonds is 7. The summed E-state index contributed by atoms with van der Waals surface area (Å²) >= 11 is 0. The lowest BCUT2D eigenvalue weighted by molar-refractivity contribution is -0.133. The van der Waals surface area contributed by atoms with Crippen molar-refractivity contribution in [3.05, 3.63) is 37.2 Å². The first-order valence-electron chi connectivity index (χ1n) is 8.83. The van der Waals surface area contributed by atoms with Crippen molar-refractivity contribution in [1.29, 1.82) is 0 Å². The summed E-state index contributed by atoms with van der Waals surface area (Å²) in [7, 11) is -4.01. The van der Waals surface area contributed by atoms with Crippen LogP contribution in [0.3, 0.4) is 0 Å². The van der Waals surface area contributed by atoms with Crippen molar-refractivity contribution in [1.82, 2.24) is 23.5 Å². The number of hydrogen-bond donors (Lipinski definition) is 1. The van der Waals surface area contributed by atoms with E-state index < -0.39 is 22.7 Å². The molecule has 1 aliphatic heterocycles. The Morgan fingerprint density at radius 2 is 1.97 bits per heavy atom. The second-order valence-electron chi connectivity index (χ2n) is 6.25. The van der Waals surface area contributed by atoms with Gasteiger partial charge in [-0.15, -0.1) is 0 Å². The number of amides is 2. The molecule has 0 spiro atoms. The third-order valence-electron chi connectivity index (χ3n) is 4.51. The summed E-state index contributed by atoms with van der Waals surface area (Å²) in [4.78, 5) is 28.4. The number of alkyl halides is 2. The lowest BCUT2D eigenvalue weighted by Crippen LogP contribution is -2.53. The zero-order valence-electron chi connectivity index (χ0n) is 15.7. The van der Waals surface area contributed by atoms with Crippen LogP contribution in [-0.2, 0) is 19.8 Å². The number of piperazine rings is 1. The molecule has 2 aromatic rings. The van der Waals surface area contributed by atoms with Gasteiger partial charge in [-0.05, 0) is 18.2 Å². The van der Waals surface area contributed by atoms with Gasteiger partial charge >= 0.3 is 16.8 Å². The van der Waals surface area contributed by atoms with Gasteiger partial charge in [0.15, 0.2) is 0 Å². The van der Waals surface area contributed by atoms with Crippen LogP contribution in [0.15, 0.2) is 37.2 Å². The number of aromatic nitrogens is 2. The predicted octanol–water partition coefficient (Wildman–Crippen LogP) is 0.177. The van der Waals surface area contributed by atoms with Crippen LogP contribution in [0.5, 0.6) is 5.88 Å². The Bertz CT molecular complexity index is 1060. The van der Waals surface area contributed by atoms with Gasteiger partial charge in [-0.1, -0.05) is 6.58 Å². The minimum atomic E-state index is -4.01.